The molecule has 0 bridgehead atoms. The van der Waals surface area contributed by atoms with Gasteiger partial charge in [0.2, 0.25) is 0 Å². The van der Waals surface area contributed by atoms with Crippen molar-refractivity contribution in [1.29, 1.82) is 0 Å². The average Bonchev–Trinajstić information content (AvgIpc) is 2.46. The van der Waals surface area contributed by atoms with Crippen molar-refractivity contribution in [3.05, 3.63) is 35.9 Å². The van der Waals surface area contributed by atoms with Gasteiger partial charge >= 0.3 is 5.97 Å². The van der Waals surface area contributed by atoms with Gasteiger partial charge in [0.05, 0.1) is 5.92 Å². The lowest BCUT2D eigenvalue weighted by molar-refractivity contribution is -0.157. The average molecular weight is 276 g/mol. The summed E-state index contributed by atoms with van der Waals surface area (Å²) >= 11 is 0. The molecule has 0 N–H and O–H groups in total. The van der Waals surface area contributed by atoms with Crippen molar-refractivity contribution in [2.24, 2.45) is 11.8 Å². The van der Waals surface area contributed by atoms with E-state index in [1.54, 1.807) is 0 Å². The Morgan fingerprint density at radius 1 is 1.15 bits per heavy atom. The molecule has 0 heterocycles. The van der Waals surface area contributed by atoms with Crippen LogP contribution in [0.5, 0.6) is 0 Å². The molecule has 20 heavy (non-hydrogen) atoms. The maximum absolute atomic E-state index is 12.3. The zero-order valence-electron chi connectivity index (χ0n) is 13.3. The van der Waals surface area contributed by atoms with Gasteiger partial charge in [-0.05, 0) is 24.3 Å². The quantitative estimate of drug-likeness (QED) is 0.614. The fraction of sp³-hybridized carbons (Fsp3) is 0.611. The van der Waals surface area contributed by atoms with Crippen LogP contribution in [0, 0.1) is 11.8 Å². The fourth-order valence-corrected chi connectivity index (χ4v) is 2.39. The molecule has 2 nitrogen and oxygen atoms in total. The molecule has 0 fully saturated rings. The van der Waals surface area contributed by atoms with Gasteiger partial charge in [-0.3, -0.25) is 4.79 Å². The molecule has 0 spiro atoms. The summed E-state index contributed by atoms with van der Waals surface area (Å²) in [6, 6.07) is 10.0. The second-order valence-corrected chi connectivity index (χ2v) is 5.76. The molecule has 0 aromatic heterocycles. The van der Waals surface area contributed by atoms with Crippen molar-refractivity contribution in [1.82, 2.24) is 0 Å². The Kier molecular flexibility index (Phi) is 7.35. The van der Waals surface area contributed by atoms with Crippen LogP contribution in [0.25, 0.3) is 0 Å². The number of esters is 1. The zero-order valence-corrected chi connectivity index (χ0v) is 13.3. The summed E-state index contributed by atoms with van der Waals surface area (Å²) in [5, 5.41) is 0. The van der Waals surface area contributed by atoms with Crippen LogP contribution >= 0.6 is 0 Å². The molecule has 1 aromatic rings. The van der Waals surface area contributed by atoms with Crippen molar-refractivity contribution in [2.45, 2.75) is 59.5 Å². The minimum absolute atomic E-state index is 0.0384. The van der Waals surface area contributed by atoms with E-state index in [0.29, 0.717) is 0 Å². The highest BCUT2D eigenvalue weighted by atomic mass is 16.5. The highest BCUT2D eigenvalue weighted by molar-refractivity contribution is 5.72. The van der Waals surface area contributed by atoms with E-state index in [-0.39, 0.29) is 23.9 Å². The van der Waals surface area contributed by atoms with Crippen LogP contribution in [0.2, 0.25) is 0 Å². The van der Waals surface area contributed by atoms with Gasteiger partial charge in [-0.15, -0.1) is 0 Å². The summed E-state index contributed by atoms with van der Waals surface area (Å²) in [4.78, 5) is 12.3. The summed E-state index contributed by atoms with van der Waals surface area (Å²) in [6.07, 6.45) is 3.87. The zero-order chi connectivity index (χ0) is 15.0. The third-order valence-electron chi connectivity index (χ3n) is 3.71. The van der Waals surface area contributed by atoms with E-state index in [9.17, 15) is 4.79 Å². The molecule has 1 aromatic carbocycles. The van der Waals surface area contributed by atoms with E-state index in [1.807, 2.05) is 30.3 Å². The number of carbonyl (C=O) groups is 1. The summed E-state index contributed by atoms with van der Waals surface area (Å²) in [6.45, 7) is 8.41. The predicted octanol–water partition coefficient (Wildman–Crippen LogP) is 5.14. The number of rotatable bonds is 8. The van der Waals surface area contributed by atoms with Crippen molar-refractivity contribution >= 4 is 5.97 Å². The Morgan fingerprint density at radius 3 is 2.30 bits per heavy atom. The second-order valence-electron chi connectivity index (χ2n) is 5.76. The lowest BCUT2D eigenvalue weighted by atomic mass is 9.97. The summed E-state index contributed by atoms with van der Waals surface area (Å²) in [7, 11) is 0. The Hall–Kier alpha value is -1.31. The van der Waals surface area contributed by atoms with Crippen molar-refractivity contribution in [3.8, 4) is 0 Å². The standard InChI is InChI=1S/C18H28O2/c1-5-7-11-15(6-2)18(19)20-17(14(3)4)16-12-9-8-10-13-16/h8-10,12-15,17H,5-7,11H2,1-4H3. The summed E-state index contributed by atoms with van der Waals surface area (Å²) < 4.78 is 5.81. The first-order chi connectivity index (χ1) is 9.60. The van der Waals surface area contributed by atoms with Gasteiger partial charge < -0.3 is 4.74 Å². The number of benzene rings is 1. The molecule has 2 atom stereocenters. The van der Waals surface area contributed by atoms with Gasteiger partial charge in [-0.25, -0.2) is 0 Å². The molecule has 0 aliphatic carbocycles. The van der Waals surface area contributed by atoms with E-state index < -0.39 is 0 Å². The minimum Gasteiger partial charge on any atom is -0.457 e. The molecule has 0 aliphatic heterocycles. The second kappa shape index (κ2) is 8.78. The first-order valence-corrected chi connectivity index (χ1v) is 7.85. The fourth-order valence-electron chi connectivity index (χ4n) is 2.39. The maximum atomic E-state index is 12.3. The third-order valence-corrected chi connectivity index (χ3v) is 3.71. The highest BCUT2D eigenvalue weighted by Gasteiger charge is 2.24. The van der Waals surface area contributed by atoms with Gasteiger partial charge in [-0.2, -0.15) is 0 Å². The van der Waals surface area contributed by atoms with Gasteiger partial charge in [0.15, 0.2) is 0 Å². The molecular weight excluding hydrogens is 248 g/mol. The van der Waals surface area contributed by atoms with Gasteiger partial charge in [0.1, 0.15) is 6.10 Å². The van der Waals surface area contributed by atoms with E-state index in [2.05, 4.69) is 27.7 Å². The van der Waals surface area contributed by atoms with Crippen LogP contribution in [0.3, 0.4) is 0 Å². The predicted molar refractivity (Wildman–Crippen MR) is 83.4 cm³/mol. The lowest BCUT2D eigenvalue weighted by Gasteiger charge is -2.24. The molecule has 0 amide bonds. The topological polar surface area (TPSA) is 26.3 Å². The molecule has 0 saturated carbocycles. The van der Waals surface area contributed by atoms with Crippen molar-refractivity contribution in [3.63, 3.8) is 0 Å². The molecule has 0 radical (unpaired) electrons. The van der Waals surface area contributed by atoms with E-state index in [4.69, 9.17) is 4.74 Å². The number of hydrogen-bond donors (Lipinski definition) is 0. The SMILES string of the molecule is CCCCC(CC)C(=O)OC(c1ccccc1)C(C)C. The van der Waals surface area contributed by atoms with Crippen LogP contribution in [-0.2, 0) is 9.53 Å². The number of carbonyl (C=O) groups excluding carboxylic acids is 1. The molecule has 0 saturated heterocycles. The lowest BCUT2D eigenvalue weighted by Crippen LogP contribution is -2.22. The van der Waals surface area contributed by atoms with E-state index >= 15 is 0 Å². The number of ether oxygens (including phenoxy) is 1. The summed E-state index contributed by atoms with van der Waals surface area (Å²) in [5.41, 5.74) is 1.08. The number of unbranched alkanes of at least 4 members (excludes halogenated alkanes) is 1. The Balaban J connectivity index is 2.73. The van der Waals surface area contributed by atoms with E-state index in [0.717, 1.165) is 31.2 Å². The molecule has 0 aliphatic rings. The smallest absolute Gasteiger partial charge is 0.309 e. The Bertz CT molecular complexity index is 384. The largest absolute Gasteiger partial charge is 0.457 e. The van der Waals surface area contributed by atoms with Crippen LogP contribution in [0.1, 0.15) is 65.0 Å². The van der Waals surface area contributed by atoms with Crippen molar-refractivity contribution in [2.75, 3.05) is 0 Å². The van der Waals surface area contributed by atoms with Crippen LogP contribution < -0.4 is 0 Å². The van der Waals surface area contributed by atoms with Crippen LogP contribution in [0.15, 0.2) is 30.3 Å². The highest BCUT2D eigenvalue weighted by Crippen LogP contribution is 2.28. The number of hydrogen-bond acceptors (Lipinski definition) is 2. The van der Waals surface area contributed by atoms with E-state index in [1.165, 1.54) is 0 Å². The van der Waals surface area contributed by atoms with Crippen LogP contribution in [-0.4, -0.2) is 5.97 Å². The molecule has 2 heteroatoms. The third kappa shape index (κ3) is 4.99. The molecule has 2 unspecified atom stereocenters. The van der Waals surface area contributed by atoms with Gasteiger partial charge in [-0.1, -0.05) is 70.9 Å². The Morgan fingerprint density at radius 2 is 1.80 bits per heavy atom. The van der Waals surface area contributed by atoms with Crippen molar-refractivity contribution < 1.29 is 9.53 Å². The molecule has 1 rings (SSSR count). The Labute approximate surface area is 123 Å². The summed E-state index contributed by atoms with van der Waals surface area (Å²) in [5.74, 6) is 0.286. The first-order valence-electron chi connectivity index (χ1n) is 7.85. The minimum atomic E-state index is -0.139. The van der Waals surface area contributed by atoms with Crippen LogP contribution in [0.4, 0.5) is 0 Å². The first kappa shape index (κ1) is 16.7. The molecular formula is C18H28O2. The monoisotopic (exact) mass is 276 g/mol. The normalized spacial score (nSPS) is 14.1. The van der Waals surface area contributed by atoms with Gasteiger partial charge in [0, 0.05) is 0 Å². The maximum Gasteiger partial charge on any atom is 0.309 e. The molecule has 112 valence electrons. The van der Waals surface area contributed by atoms with Gasteiger partial charge in [0.25, 0.3) is 0 Å².